The maximum Gasteiger partial charge on any atom is 0.269 e. The third kappa shape index (κ3) is 5.07. The summed E-state index contributed by atoms with van der Waals surface area (Å²) in [7, 11) is -3.65. The van der Waals surface area contributed by atoms with E-state index in [0.717, 1.165) is 18.9 Å². The van der Waals surface area contributed by atoms with Crippen molar-refractivity contribution in [2.45, 2.75) is 17.7 Å². The predicted octanol–water partition coefficient (Wildman–Crippen LogP) is 2.08. The van der Waals surface area contributed by atoms with E-state index in [1.165, 1.54) is 52.8 Å². The highest BCUT2D eigenvalue weighted by Crippen LogP contribution is 2.21. The van der Waals surface area contributed by atoms with Crippen LogP contribution >= 0.6 is 0 Å². The summed E-state index contributed by atoms with van der Waals surface area (Å²) in [6.07, 6.45) is 3.98. The van der Waals surface area contributed by atoms with Crippen molar-refractivity contribution in [2.75, 3.05) is 13.1 Å². The van der Waals surface area contributed by atoms with Gasteiger partial charge in [0.05, 0.1) is 4.90 Å². The Labute approximate surface area is 168 Å². The van der Waals surface area contributed by atoms with Gasteiger partial charge in [-0.15, -0.1) is 0 Å². The number of benzene rings is 2. The first-order chi connectivity index (χ1) is 13.9. The van der Waals surface area contributed by atoms with Crippen LogP contribution < -0.4 is 10.9 Å². The van der Waals surface area contributed by atoms with E-state index in [1.54, 1.807) is 6.07 Å². The van der Waals surface area contributed by atoms with Crippen molar-refractivity contribution in [2.24, 2.45) is 0 Å². The van der Waals surface area contributed by atoms with Gasteiger partial charge >= 0.3 is 0 Å². The first kappa shape index (κ1) is 20.7. The molecule has 0 unspecified atom stereocenters. The van der Waals surface area contributed by atoms with Gasteiger partial charge in [0, 0.05) is 30.3 Å². The number of hydrogen-bond acceptors (Lipinski definition) is 4. The van der Waals surface area contributed by atoms with Gasteiger partial charge in [0.15, 0.2) is 0 Å². The SMILES string of the molecule is O=C(/C=C/c1ccccc1F)NNC(=O)c1cccc(S(=O)(=O)N2CCCC2)c1. The average Bonchev–Trinajstić information content (AvgIpc) is 3.27. The number of carbonyl (C=O) groups is 2. The summed E-state index contributed by atoms with van der Waals surface area (Å²) in [4.78, 5) is 24.1. The molecule has 1 aliphatic rings. The molecule has 0 saturated carbocycles. The van der Waals surface area contributed by atoms with Crippen LogP contribution in [0.2, 0.25) is 0 Å². The minimum absolute atomic E-state index is 0.0258. The zero-order chi connectivity index (χ0) is 20.9. The van der Waals surface area contributed by atoms with Crippen molar-refractivity contribution in [3.8, 4) is 0 Å². The molecule has 0 aliphatic carbocycles. The van der Waals surface area contributed by atoms with Gasteiger partial charge in [-0.1, -0.05) is 24.3 Å². The van der Waals surface area contributed by atoms with Gasteiger partial charge in [-0.25, -0.2) is 12.8 Å². The Balaban J connectivity index is 1.62. The highest BCUT2D eigenvalue weighted by molar-refractivity contribution is 7.89. The van der Waals surface area contributed by atoms with Crippen LogP contribution in [0, 0.1) is 5.82 Å². The number of amides is 2. The first-order valence-corrected chi connectivity index (χ1v) is 10.4. The molecule has 0 atom stereocenters. The second-order valence-corrected chi connectivity index (χ2v) is 8.38. The number of nitrogens with zero attached hydrogens (tertiary/aromatic N) is 1. The van der Waals surface area contributed by atoms with E-state index < -0.39 is 27.7 Å². The number of carbonyl (C=O) groups excluding carboxylic acids is 2. The lowest BCUT2D eigenvalue weighted by Gasteiger charge is -2.16. The molecule has 1 aliphatic heterocycles. The second kappa shape index (κ2) is 8.97. The van der Waals surface area contributed by atoms with Crippen LogP contribution in [0.15, 0.2) is 59.5 Å². The highest BCUT2D eigenvalue weighted by atomic mass is 32.2. The molecule has 9 heteroatoms. The summed E-state index contributed by atoms with van der Waals surface area (Å²) < 4.78 is 40.1. The molecule has 2 aromatic rings. The van der Waals surface area contributed by atoms with Crippen LogP contribution in [0.5, 0.6) is 0 Å². The highest BCUT2D eigenvalue weighted by Gasteiger charge is 2.27. The molecule has 29 heavy (non-hydrogen) atoms. The van der Waals surface area contributed by atoms with Crippen LogP contribution in [0.1, 0.15) is 28.8 Å². The number of hydrazine groups is 1. The van der Waals surface area contributed by atoms with Gasteiger partial charge in [-0.2, -0.15) is 4.31 Å². The van der Waals surface area contributed by atoms with Crippen molar-refractivity contribution in [3.05, 3.63) is 71.6 Å². The minimum atomic E-state index is -3.65. The lowest BCUT2D eigenvalue weighted by Crippen LogP contribution is -2.40. The zero-order valence-electron chi connectivity index (χ0n) is 15.5. The Morgan fingerprint density at radius 1 is 1.00 bits per heavy atom. The number of sulfonamides is 1. The molecule has 0 radical (unpaired) electrons. The zero-order valence-corrected chi connectivity index (χ0v) is 16.3. The smallest absolute Gasteiger partial charge is 0.268 e. The summed E-state index contributed by atoms with van der Waals surface area (Å²) in [6.45, 7) is 0.923. The maximum atomic E-state index is 13.5. The molecular weight excluding hydrogens is 397 g/mol. The largest absolute Gasteiger partial charge is 0.269 e. The van der Waals surface area contributed by atoms with Crippen molar-refractivity contribution >= 4 is 27.9 Å². The van der Waals surface area contributed by atoms with Gasteiger partial charge in [0.2, 0.25) is 10.0 Å². The number of nitrogens with one attached hydrogen (secondary N) is 2. The summed E-state index contributed by atoms with van der Waals surface area (Å²) >= 11 is 0. The monoisotopic (exact) mass is 417 g/mol. The van der Waals surface area contributed by atoms with Crippen LogP contribution in [0.25, 0.3) is 6.08 Å². The van der Waals surface area contributed by atoms with Crippen LogP contribution in [-0.2, 0) is 14.8 Å². The average molecular weight is 417 g/mol. The Morgan fingerprint density at radius 3 is 2.45 bits per heavy atom. The number of rotatable bonds is 5. The Hall–Kier alpha value is -3.04. The molecule has 2 aromatic carbocycles. The van der Waals surface area contributed by atoms with E-state index in [9.17, 15) is 22.4 Å². The van der Waals surface area contributed by atoms with Crippen molar-refractivity contribution < 1.29 is 22.4 Å². The molecule has 1 heterocycles. The number of halogens is 1. The summed E-state index contributed by atoms with van der Waals surface area (Å²) in [5.41, 5.74) is 4.70. The van der Waals surface area contributed by atoms with Crippen LogP contribution in [0.3, 0.4) is 0 Å². The Kier molecular flexibility index (Phi) is 6.40. The van der Waals surface area contributed by atoms with Gasteiger partial charge in [-0.05, 0) is 43.2 Å². The molecule has 0 spiro atoms. The van der Waals surface area contributed by atoms with Gasteiger partial charge in [-0.3, -0.25) is 20.4 Å². The topological polar surface area (TPSA) is 95.6 Å². The molecule has 1 saturated heterocycles. The summed E-state index contributed by atoms with van der Waals surface area (Å²) in [5.74, 6) is -1.81. The fourth-order valence-electron chi connectivity index (χ4n) is 2.88. The fraction of sp³-hybridized carbons (Fsp3) is 0.200. The fourth-order valence-corrected chi connectivity index (χ4v) is 4.45. The molecule has 152 valence electrons. The van der Waals surface area contributed by atoms with Gasteiger partial charge in [0.1, 0.15) is 5.82 Å². The molecular formula is C20H20FN3O4S. The molecule has 7 nitrogen and oxygen atoms in total. The van der Waals surface area contributed by atoms with E-state index in [-0.39, 0.29) is 16.0 Å². The summed E-state index contributed by atoms with van der Waals surface area (Å²) in [5, 5.41) is 0. The summed E-state index contributed by atoms with van der Waals surface area (Å²) in [6, 6.07) is 11.5. The minimum Gasteiger partial charge on any atom is -0.268 e. The maximum absolute atomic E-state index is 13.5. The van der Waals surface area contributed by atoms with Gasteiger partial charge in [0.25, 0.3) is 11.8 Å². The number of hydrogen-bond donors (Lipinski definition) is 2. The van der Waals surface area contributed by atoms with E-state index in [1.807, 2.05) is 0 Å². The van der Waals surface area contributed by atoms with E-state index in [4.69, 9.17) is 0 Å². The van der Waals surface area contributed by atoms with Crippen LogP contribution in [-0.4, -0.2) is 37.6 Å². The lowest BCUT2D eigenvalue weighted by molar-refractivity contribution is -0.117. The molecule has 3 rings (SSSR count). The second-order valence-electron chi connectivity index (χ2n) is 6.44. The van der Waals surface area contributed by atoms with Crippen molar-refractivity contribution in [1.82, 2.24) is 15.2 Å². The third-order valence-electron chi connectivity index (χ3n) is 4.42. The van der Waals surface area contributed by atoms with E-state index >= 15 is 0 Å². The Bertz CT molecular complexity index is 1050. The quantitative estimate of drug-likeness (QED) is 0.575. The van der Waals surface area contributed by atoms with E-state index in [0.29, 0.717) is 13.1 Å². The van der Waals surface area contributed by atoms with Crippen molar-refractivity contribution in [3.63, 3.8) is 0 Å². The normalized spacial score (nSPS) is 14.8. The van der Waals surface area contributed by atoms with E-state index in [2.05, 4.69) is 10.9 Å². The molecule has 1 fully saturated rings. The third-order valence-corrected chi connectivity index (χ3v) is 6.31. The Morgan fingerprint density at radius 2 is 1.72 bits per heavy atom. The molecule has 0 bridgehead atoms. The van der Waals surface area contributed by atoms with Crippen molar-refractivity contribution in [1.29, 1.82) is 0 Å². The standard InChI is InChI=1S/C20H20FN3O4S/c21-18-9-2-1-6-15(18)10-11-19(25)22-23-20(26)16-7-5-8-17(14-16)29(27,28)24-12-3-4-13-24/h1-2,5-11,14H,3-4,12-13H2,(H,22,25)(H,23,26)/b11-10+. The predicted molar refractivity (Wildman–Crippen MR) is 105 cm³/mol. The molecule has 0 aromatic heterocycles. The lowest BCUT2D eigenvalue weighted by atomic mass is 10.2. The molecule has 2 amide bonds. The van der Waals surface area contributed by atoms with Gasteiger partial charge < -0.3 is 0 Å². The molecule has 2 N–H and O–H groups in total. The first-order valence-electron chi connectivity index (χ1n) is 9.01. The van der Waals surface area contributed by atoms with Crippen LogP contribution in [0.4, 0.5) is 4.39 Å².